The highest BCUT2D eigenvalue weighted by Crippen LogP contribution is 2.28. The smallest absolute Gasteiger partial charge is 0.0593 e. The van der Waals surface area contributed by atoms with E-state index in [1.807, 2.05) is 12.3 Å². The van der Waals surface area contributed by atoms with Gasteiger partial charge in [-0.1, -0.05) is 6.07 Å². The molecule has 1 aliphatic carbocycles. The first-order valence-corrected chi connectivity index (χ1v) is 6.69. The Morgan fingerprint density at radius 2 is 2.39 bits per heavy atom. The summed E-state index contributed by atoms with van der Waals surface area (Å²) >= 11 is 0. The molecule has 0 saturated heterocycles. The topological polar surface area (TPSA) is 51.4 Å². The van der Waals surface area contributed by atoms with Crippen LogP contribution in [-0.2, 0) is 4.74 Å². The molecule has 0 amide bonds. The van der Waals surface area contributed by atoms with Crippen LogP contribution in [0.3, 0.4) is 0 Å². The number of nitrogens with zero attached hydrogens (tertiary/aromatic N) is 2. The Balaban J connectivity index is 1.75. The normalized spacial score (nSPS) is 17.1. The lowest BCUT2D eigenvalue weighted by Crippen LogP contribution is -2.33. The number of pyridine rings is 1. The van der Waals surface area contributed by atoms with Gasteiger partial charge in [0.15, 0.2) is 0 Å². The average Bonchev–Trinajstić information content (AvgIpc) is 3.21. The van der Waals surface area contributed by atoms with Gasteiger partial charge in [-0.2, -0.15) is 0 Å². The van der Waals surface area contributed by atoms with Gasteiger partial charge in [0.2, 0.25) is 0 Å². The second kappa shape index (κ2) is 6.83. The van der Waals surface area contributed by atoms with E-state index in [0.29, 0.717) is 6.54 Å². The van der Waals surface area contributed by atoms with Gasteiger partial charge in [-0.05, 0) is 37.4 Å². The third-order valence-electron chi connectivity index (χ3n) is 3.46. The van der Waals surface area contributed by atoms with E-state index in [0.717, 1.165) is 25.7 Å². The zero-order chi connectivity index (χ0) is 12.8. The van der Waals surface area contributed by atoms with Crippen LogP contribution in [0, 0.1) is 5.92 Å². The maximum Gasteiger partial charge on any atom is 0.0593 e. The van der Waals surface area contributed by atoms with Crippen molar-refractivity contribution >= 4 is 0 Å². The Morgan fingerprint density at radius 1 is 1.56 bits per heavy atom. The van der Waals surface area contributed by atoms with Crippen molar-refractivity contribution < 1.29 is 4.74 Å². The van der Waals surface area contributed by atoms with Gasteiger partial charge < -0.3 is 10.5 Å². The molecule has 0 aromatic carbocycles. The molecule has 4 heteroatoms. The summed E-state index contributed by atoms with van der Waals surface area (Å²) in [6, 6.07) is 4.25. The Bertz CT molecular complexity index is 340. The number of hydrogen-bond acceptors (Lipinski definition) is 4. The predicted octanol–water partition coefficient (Wildman–Crippen LogP) is 1.44. The minimum absolute atomic E-state index is 0.225. The summed E-state index contributed by atoms with van der Waals surface area (Å²) in [5, 5.41) is 0. The summed E-state index contributed by atoms with van der Waals surface area (Å²) in [6.07, 6.45) is 6.36. The fraction of sp³-hybridized carbons (Fsp3) is 0.643. The van der Waals surface area contributed by atoms with Crippen molar-refractivity contribution in [1.82, 2.24) is 9.88 Å². The van der Waals surface area contributed by atoms with E-state index in [1.54, 1.807) is 6.20 Å². The summed E-state index contributed by atoms with van der Waals surface area (Å²) in [4.78, 5) is 6.39. The first-order valence-electron chi connectivity index (χ1n) is 6.69. The molecule has 1 aliphatic rings. The van der Waals surface area contributed by atoms with Crippen LogP contribution in [0.15, 0.2) is 24.5 Å². The van der Waals surface area contributed by atoms with Gasteiger partial charge in [-0.3, -0.25) is 9.88 Å². The Morgan fingerprint density at radius 3 is 3.00 bits per heavy atom. The molecule has 1 atom stereocenters. The minimum atomic E-state index is 0.225. The SMILES string of the molecule is CN(CCOCC1CC1)C(CN)c1cccnc1. The maximum atomic E-state index is 5.86. The molecule has 2 N–H and O–H groups in total. The monoisotopic (exact) mass is 249 g/mol. The number of rotatable bonds is 8. The Kier molecular flexibility index (Phi) is 5.11. The van der Waals surface area contributed by atoms with E-state index >= 15 is 0 Å². The van der Waals surface area contributed by atoms with Crippen LogP contribution < -0.4 is 5.73 Å². The molecule has 1 heterocycles. The standard InChI is InChI=1S/C14H23N3O/c1-17(7-8-18-11-12-4-5-12)14(9-15)13-3-2-6-16-10-13/h2-3,6,10,12,14H,4-5,7-9,11,15H2,1H3. The second-order valence-electron chi connectivity index (χ2n) is 5.04. The average molecular weight is 249 g/mol. The van der Waals surface area contributed by atoms with Crippen LogP contribution in [0.1, 0.15) is 24.4 Å². The van der Waals surface area contributed by atoms with Gasteiger partial charge in [0.05, 0.1) is 6.61 Å². The zero-order valence-electron chi connectivity index (χ0n) is 11.1. The van der Waals surface area contributed by atoms with Gasteiger partial charge in [0.25, 0.3) is 0 Å². The molecule has 1 unspecified atom stereocenters. The number of aromatic nitrogens is 1. The van der Waals surface area contributed by atoms with Gasteiger partial charge in [-0.15, -0.1) is 0 Å². The minimum Gasteiger partial charge on any atom is -0.380 e. The highest BCUT2D eigenvalue weighted by atomic mass is 16.5. The van der Waals surface area contributed by atoms with Crippen molar-refractivity contribution in [3.05, 3.63) is 30.1 Å². The van der Waals surface area contributed by atoms with E-state index in [-0.39, 0.29) is 6.04 Å². The molecule has 1 saturated carbocycles. The molecule has 18 heavy (non-hydrogen) atoms. The molecule has 1 aromatic rings. The van der Waals surface area contributed by atoms with E-state index in [9.17, 15) is 0 Å². The molecule has 4 nitrogen and oxygen atoms in total. The van der Waals surface area contributed by atoms with Crippen LogP contribution >= 0.6 is 0 Å². The molecule has 2 rings (SSSR count). The van der Waals surface area contributed by atoms with Crippen LogP contribution in [0.25, 0.3) is 0 Å². The molecular weight excluding hydrogens is 226 g/mol. The lowest BCUT2D eigenvalue weighted by Gasteiger charge is -2.26. The summed E-state index contributed by atoms with van der Waals surface area (Å²) in [6.45, 7) is 3.21. The Hall–Kier alpha value is -0.970. The number of nitrogens with two attached hydrogens (primary N) is 1. The largest absolute Gasteiger partial charge is 0.380 e. The van der Waals surface area contributed by atoms with Crippen molar-refractivity contribution in [2.24, 2.45) is 11.7 Å². The number of likely N-dealkylation sites (N-methyl/N-ethyl adjacent to an activating group) is 1. The lowest BCUT2D eigenvalue weighted by atomic mass is 10.1. The van der Waals surface area contributed by atoms with E-state index in [1.165, 1.54) is 18.4 Å². The summed E-state index contributed by atoms with van der Waals surface area (Å²) < 4.78 is 5.66. The summed E-state index contributed by atoms with van der Waals surface area (Å²) in [7, 11) is 2.09. The van der Waals surface area contributed by atoms with Gasteiger partial charge in [0, 0.05) is 38.1 Å². The number of ether oxygens (including phenoxy) is 1. The quantitative estimate of drug-likeness (QED) is 0.708. The molecule has 0 radical (unpaired) electrons. The van der Waals surface area contributed by atoms with E-state index in [4.69, 9.17) is 10.5 Å². The lowest BCUT2D eigenvalue weighted by molar-refractivity contribution is 0.0922. The van der Waals surface area contributed by atoms with Gasteiger partial charge >= 0.3 is 0 Å². The van der Waals surface area contributed by atoms with Crippen molar-refractivity contribution in [1.29, 1.82) is 0 Å². The highest BCUT2D eigenvalue weighted by Gasteiger charge is 2.21. The third-order valence-corrected chi connectivity index (χ3v) is 3.46. The van der Waals surface area contributed by atoms with E-state index in [2.05, 4.69) is 23.0 Å². The van der Waals surface area contributed by atoms with Crippen molar-refractivity contribution in [2.75, 3.05) is 33.4 Å². The maximum absolute atomic E-state index is 5.86. The Labute approximate surface area is 109 Å². The molecule has 0 bridgehead atoms. The first kappa shape index (κ1) is 13.5. The van der Waals surface area contributed by atoms with Gasteiger partial charge in [-0.25, -0.2) is 0 Å². The first-order chi connectivity index (χ1) is 8.81. The zero-order valence-corrected chi connectivity index (χ0v) is 11.1. The number of hydrogen-bond donors (Lipinski definition) is 1. The fourth-order valence-corrected chi connectivity index (χ4v) is 2.04. The summed E-state index contributed by atoms with van der Waals surface area (Å²) in [5.74, 6) is 0.832. The van der Waals surface area contributed by atoms with Crippen LogP contribution in [0.5, 0.6) is 0 Å². The third kappa shape index (κ3) is 4.05. The van der Waals surface area contributed by atoms with E-state index < -0.39 is 0 Å². The molecule has 100 valence electrons. The fourth-order valence-electron chi connectivity index (χ4n) is 2.04. The van der Waals surface area contributed by atoms with Gasteiger partial charge in [0.1, 0.15) is 0 Å². The molecule has 0 spiro atoms. The molecule has 1 aromatic heterocycles. The van der Waals surface area contributed by atoms with Crippen molar-refractivity contribution in [3.63, 3.8) is 0 Å². The van der Waals surface area contributed by atoms with Crippen LogP contribution in [0.2, 0.25) is 0 Å². The molecule has 0 aliphatic heterocycles. The highest BCUT2D eigenvalue weighted by molar-refractivity contribution is 5.14. The molecule has 1 fully saturated rings. The van der Waals surface area contributed by atoms with Crippen molar-refractivity contribution in [3.8, 4) is 0 Å². The second-order valence-corrected chi connectivity index (χ2v) is 5.04. The molecular formula is C14H23N3O. The van der Waals surface area contributed by atoms with Crippen molar-refractivity contribution in [2.45, 2.75) is 18.9 Å². The predicted molar refractivity (Wildman–Crippen MR) is 72.2 cm³/mol. The van der Waals surface area contributed by atoms with Crippen LogP contribution in [0.4, 0.5) is 0 Å². The van der Waals surface area contributed by atoms with Crippen LogP contribution in [-0.4, -0.2) is 43.2 Å². The summed E-state index contributed by atoms with van der Waals surface area (Å²) in [5.41, 5.74) is 7.03.